The van der Waals surface area contributed by atoms with Crippen molar-refractivity contribution < 1.29 is 9.66 Å². The van der Waals surface area contributed by atoms with Gasteiger partial charge < -0.3 is 9.30 Å². The van der Waals surface area contributed by atoms with Gasteiger partial charge in [0.05, 0.1) is 28.4 Å². The summed E-state index contributed by atoms with van der Waals surface area (Å²) >= 11 is 0. The highest BCUT2D eigenvalue weighted by atomic mass is 16.6. The Morgan fingerprint density at radius 3 is 2.67 bits per heavy atom. The van der Waals surface area contributed by atoms with Crippen molar-refractivity contribution in [3.05, 3.63) is 64.5 Å². The molecule has 0 saturated carbocycles. The first kappa shape index (κ1) is 15.5. The Morgan fingerprint density at radius 2 is 1.96 bits per heavy atom. The van der Waals surface area contributed by atoms with E-state index < -0.39 is 4.92 Å². The van der Waals surface area contributed by atoms with Gasteiger partial charge in [-0.05, 0) is 24.3 Å². The average molecular weight is 322 g/mol. The molecule has 3 aromatic rings. The number of fused-ring (bicyclic) bond motifs is 1. The van der Waals surface area contributed by atoms with Crippen molar-refractivity contribution >= 4 is 16.7 Å². The number of hydrogen-bond donors (Lipinski definition) is 0. The molecule has 7 heteroatoms. The van der Waals surface area contributed by atoms with Crippen LogP contribution >= 0.6 is 0 Å². The zero-order valence-corrected chi connectivity index (χ0v) is 12.8. The Morgan fingerprint density at radius 1 is 1.21 bits per heavy atom. The van der Waals surface area contributed by atoms with Crippen LogP contribution in [0.5, 0.6) is 5.75 Å². The molecule has 0 N–H and O–H groups in total. The summed E-state index contributed by atoms with van der Waals surface area (Å²) in [6, 6.07) is 15.7. The minimum atomic E-state index is -0.453. The molecule has 0 aliphatic carbocycles. The number of benzene rings is 2. The topological polar surface area (TPSA) is 94.0 Å². The summed E-state index contributed by atoms with van der Waals surface area (Å²) < 4.78 is 7.65. The number of aromatic nitrogens is 2. The fraction of sp³-hybridized carbons (Fsp3) is 0.176. The van der Waals surface area contributed by atoms with Crippen LogP contribution in [0.1, 0.15) is 12.2 Å². The number of ether oxygens (including phenoxy) is 1. The SMILES string of the molecule is N#CCCn1c(COc2ccc([N+](=O)[O-])cc2)nc2ccccc21. The van der Waals surface area contributed by atoms with E-state index in [1.165, 1.54) is 12.1 Å². The second-order valence-corrected chi connectivity index (χ2v) is 5.12. The monoisotopic (exact) mass is 322 g/mol. The van der Waals surface area contributed by atoms with Crippen LogP contribution in [0.2, 0.25) is 0 Å². The van der Waals surface area contributed by atoms with Crippen molar-refractivity contribution in [2.45, 2.75) is 19.6 Å². The lowest BCUT2D eigenvalue weighted by Gasteiger charge is -2.09. The number of rotatable bonds is 6. The molecule has 120 valence electrons. The van der Waals surface area contributed by atoms with Crippen LogP contribution in [0.3, 0.4) is 0 Å². The Kier molecular flexibility index (Phi) is 4.38. The maximum atomic E-state index is 10.7. The van der Waals surface area contributed by atoms with Crippen molar-refractivity contribution in [1.29, 1.82) is 5.26 Å². The van der Waals surface area contributed by atoms with Crippen molar-refractivity contribution in [2.24, 2.45) is 0 Å². The molecule has 3 rings (SSSR count). The van der Waals surface area contributed by atoms with E-state index in [0.717, 1.165) is 11.0 Å². The van der Waals surface area contributed by atoms with Gasteiger partial charge in [-0.15, -0.1) is 0 Å². The number of para-hydroxylation sites is 2. The molecule has 0 spiro atoms. The lowest BCUT2D eigenvalue weighted by atomic mass is 10.3. The van der Waals surface area contributed by atoms with Gasteiger partial charge in [0, 0.05) is 18.7 Å². The zero-order valence-electron chi connectivity index (χ0n) is 12.8. The second kappa shape index (κ2) is 6.79. The number of aryl methyl sites for hydroxylation is 1. The molecule has 0 saturated heterocycles. The van der Waals surface area contributed by atoms with Gasteiger partial charge >= 0.3 is 0 Å². The summed E-state index contributed by atoms with van der Waals surface area (Å²) in [6.45, 7) is 0.758. The van der Waals surface area contributed by atoms with Gasteiger partial charge in [-0.2, -0.15) is 5.26 Å². The predicted octanol–water partition coefficient (Wildman–Crippen LogP) is 3.44. The highest BCUT2D eigenvalue weighted by Gasteiger charge is 2.11. The number of nitro benzene ring substituents is 1. The summed E-state index contributed by atoms with van der Waals surface area (Å²) in [5.41, 5.74) is 1.82. The van der Waals surface area contributed by atoms with Crippen LogP contribution in [-0.2, 0) is 13.2 Å². The predicted molar refractivity (Wildman–Crippen MR) is 87.4 cm³/mol. The third-order valence-corrected chi connectivity index (χ3v) is 3.60. The van der Waals surface area contributed by atoms with Crippen molar-refractivity contribution in [3.63, 3.8) is 0 Å². The molecule has 0 unspecified atom stereocenters. The van der Waals surface area contributed by atoms with E-state index in [-0.39, 0.29) is 12.3 Å². The minimum absolute atomic E-state index is 0.0172. The van der Waals surface area contributed by atoms with Gasteiger partial charge in [-0.25, -0.2) is 4.98 Å². The Hall–Kier alpha value is -3.40. The minimum Gasteiger partial charge on any atom is -0.486 e. The van der Waals surface area contributed by atoms with Gasteiger partial charge in [0.25, 0.3) is 5.69 Å². The molecule has 7 nitrogen and oxygen atoms in total. The molecule has 1 aromatic heterocycles. The number of imidazole rings is 1. The number of non-ortho nitro benzene ring substituents is 1. The van der Waals surface area contributed by atoms with Crippen molar-refractivity contribution in [1.82, 2.24) is 9.55 Å². The van der Waals surface area contributed by atoms with Gasteiger partial charge in [0.2, 0.25) is 0 Å². The molecule has 0 aliphatic heterocycles. The van der Waals surface area contributed by atoms with Crippen LogP contribution in [0.25, 0.3) is 11.0 Å². The van der Waals surface area contributed by atoms with E-state index in [1.807, 2.05) is 28.8 Å². The third kappa shape index (κ3) is 3.17. The first-order valence-electron chi connectivity index (χ1n) is 7.37. The molecule has 0 fully saturated rings. The molecule has 1 heterocycles. The number of hydrogen-bond acceptors (Lipinski definition) is 5. The average Bonchev–Trinajstić information content (AvgIpc) is 2.96. The van der Waals surface area contributed by atoms with E-state index in [2.05, 4.69) is 11.1 Å². The highest BCUT2D eigenvalue weighted by molar-refractivity contribution is 5.75. The van der Waals surface area contributed by atoms with Gasteiger partial charge in [-0.3, -0.25) is 10.1 Å². The van der Waals surface area contributed by atoms with E-state index in [4.69, 9.17) is 10.00 Å². The van der Waals surface area contributed by atoms with E-state index in [0.29, 0.717) is 24.5 Å². The number of nitro groups is 1. The summed E-state index contributed by atoms with van der Waals surface area (Å²) in [5.74, 6) is 1.24. The lowest BCUT2D eigenvalue weighted by Crippen LogP contribution is -2.07. The summed E-state index contributed by atoms with van der Waals surface area (Å²) in [6.07, 6.45) is 0.380. The molecule has 0 aliphatic rings. The zero-order chi connectivity index (χ0) is 16.9. The lowest BCUT2D eigenvalue weighted by molar-refractivity contribution is -0.384. The third-order valence-electron chi connectivity index (χ3n) is 3.60. The fourth-order valence-electron chi connectivity index (χ4n) is 2.46. The molecule has 24 heavy (non-hydrogen) atoms. The van der Waals surface area contributed by atoms with Crippen LogP contribution in [0.4, 0.5) is 5.69 Å². The standard InChI is InChI=1S/C17H14N4O3/c18-10-3-11-20-16-5-2-1-4-15(16)19-17(20)12-24-14-8-6-13(7-9-14)21(22)23/h1-2,4-9H,3,11-12H2. The quantitative estimate of drug-likeness (QED) is 0.512. The van der Waals surface area contributed by atoms with Crippen LogP contribution < -0.4 is 4.74 Å². The first-order valence-corrected chi connectivity index (χ1v) is 7.37. The molecule has 0 atom stereocenters. The Balaban J connectivity index is 1.81. The largest absolute Gasteiger partial charge is 0.486 e. The number of nitrogens with zero attached hydrogens (tertiary/aromatic N) is 4. The van der Waals surface area contributed by atoms with Crippen LogP contribution in [0.15, 0.2) is 48.5 Å². The molecular formula is C17H14N4O3. The Bertz CT molecular complexity index is 910. The summed E-state index contributed by atoms with van der Waals surface area (Å²) in [5, 5.41) is 19.5. The van der Waals surface area contributed by atoms with E-state index in [9.17, 15) is 10.1 Å². The highest BCUT2D eigenvalue weighted by Crippen LogP contribution is 2.20. The molecule has 2 aromatic carbocycles. The summed E-state index contributed by atoms with van der Waals surface area (Å²) in [4.78, 5) is 14.8. The van der Waals surface area contributed by atoms with Crippen LogP contribution in [-0.4, -0.2) is 14.5 Å². The molecular weight excluding hydrogens is 308 g/mol. The van der Waals surface area contributed by atoms with Gasteiger partial charge in [0.15, 0.2) is 0 Å². The molecule has 0 radical (unpaired) electrons. The normalized spacial score (nSPS) is 10.5. The van der Waals surface area contributed by atoms with Gasteiger partial charge in [0.1, 0.15) is 18.2 Å². The fourth-order valence-corrected chi connectivity index (χ4v) is 2.46. The second-order valence-electron chi connectivity index (χ2n) is 5.12. The Labute approximate surface area is 137 Å². The smallest absolute Gasteiger partial charge is 0.269 e. The van der Waals surface area contributed by atoms with E-state index >= 15 is 0 Å². The maximum Gasteiger partial charge on any atom is 0.269 e. The summed E-state index contributed by atoms with van der Waals surface area (Å²) in [7, 11) is 0. The van der Waals surface area contributed by atoms with Gasteiger partial charge in [-0.1, -0.05) is 12.1 Å². The van der Waals surface area contributed by atoms with Crippen molar-refractivity contribution in [3.8, 4) is 11.8 Å². The van der Waals surface area contributed by atoms with Crippen molar-refractivity contribution in [2.75, 3.05) is 0 Å². The molecule has 0 amide bonds. The number of nitriles is 1. The van der Waals surface area contributed by atoms with E-state index in [1.54, 1.807) is 12.1 Å². The molecule has 0 bridgehead atoms. The van der Waals surface area contributed by atoms with Crippen LogP contribution in [0, 0.1) is 21.4 Å². The maximum absolute atomic E-state index is 10.7. The first-order chi connectivity index (χ1) is 11.7.